The normalized spacial score (nSPS) is 10.5. The Labute approximate surface area is 139 Å². The van der Waals surface area contributed by atoms with Crippen LogP contribution in [0.2, 0.25) is 0 Å². The molecular weight excluding hydrogens is 306 g/mol. The van der Waals surface area contributed by atoms with Crippen molar-refractivity contribution in [3.63, 3.8) is 0 Å². The molecule has 3 aromatic rings. The molecule has 122 valence electrons. The van der Waals surface area contributed by atoms with Crippen LogP contribution >= 0.6 is 0 Å². The van der Waals surface area contributed by atoms with E-state index in [0.29, 0.717) is 12.1 Å². The van der Waals surface area contributed by atoms with Gasteiger partial charge in [-0.05, 0) is 23.8 Å². The van der Waals surface area contributed by atoms with Gasteiger partial charge < -0.3 is 14.6 Å². The molecule has 0 saturated carbocycles. The smallest absolute Gasteiger partial charge is 0.325 e. The van der Waals surface area contributed by atoms with Gasteiger partial charge in [-0.2, -0.15) is 0 Å². The Balaban J connectivity index is 1.87. The van der Waals surface area contributed by atoms with Crippen molar-refractivity contribution in [3.8, 4) is 0 Å². The van der Waals surface area contributed by atoms with E-state index < -0.39 is 5.97 Å². The molecule has 0 bridgehead atoms. The molecule has 24 heavy (non-hydrogen) atoms. The summed E-state index contributed by atoms with van der Waals surface area (Å²) in [5.41, 5.74) is 3.00. The minimum Gasteiger partial charge on any atom is -0.468 e. The second kappa shape index (κ2) is 6.95. The molecule has 0 aliphatic carbocycles. The van der Waals surface area contributed by atoms with Crippen LogP contribution in [0.25, 0.3) is 11.0 Å². The largest absolute Gasteiger partial charge is 0.468 e. The van der Waals surface area contributed by atoms with E-state index >= 15 is 0 Å². The van der Waals surface area contributed by atoms with Crippen molar-refractivity contribution in [1.29, 1.82) is 0 Å². The lowest BCUT2D eigenvalue weighted by atomic mass is 10.1. The summed E-state index contributed by atoms with van der Waals surface area (Å²) >= 11 is 0. The van der Waals surface area contributed by atoms with Gasteiger partial charge >= 0.3 is 5.97 Å². The van der Waals surface area contributed by atoms with Crippen LogP contribution in [0.3, 0.4) is 0 Å². The fourth-order valence-electron chi connectivity index (χ4n) is 2.47. The molecule has 0 atom stereocenters. The van der Waals surface area contributed by atoms with E-state index in [9.17, 15) is 9.59 Å². The lowest BCUT2D eigenvalue weighted by Crippen LogP contribution is -2.35. The van der Waals surface area contributed by atoms with Gasteiger partial charge in [-0.25, -0.2) is 4.98 Å². The quantitative estimate of drug-likeness (QED) is 0.732. The Hall–Kier alpha value is -3.15. The van der Waals surface area contributed by atoms with Gasteiger partial charge in [-0.15, -0.1) is 0 Å². The van der Waals surface area contributed by atoms with Gasteiger partial charge in [0, 0.05) is 12.1 Å². The Morgan fingerprint density at radius 1 is 1.17 bits per heavy atom. The van der Waals surface area contributed by atoms with Gasteiger partial charge in [0.2, 0.25) is 0 Å². The SMILES string of the molecule is COC(=O)CN(Cc1ccccc1)C(=O)c1ccc2nc[nH]c2c1. The number of fused-ring (bicyclic) bond motifs is 1. The molecule has 0 unspecified atom stereocenters. The molecule has 6 heteroatoms. The number of esters is 1. The predicted octanol–water partition coefficient (Wildman–Crippen LogP) is 2.38. The summed E-state index contributed by atoms with van der Waals surface area (Å²) in [4.78, 5) is 33.1. The second-order valence-electron chi connectivity index (χ2n) is 5.36. The first-order valence-electron chi connectivity index (χ1n) is 7.50. The summed E-state index contributed by atoms with van der Waals surface area (Å²) in [6.07, 6.45) is 1.58. The second-order valence-corrected chi connectivity index (χ2v) is 5.36. The number of ether oxygens (including phenoxy) is 1. The molecule has 0 aliphatic heterocycles. The van der Waals surface area contributed by atoms with Crippen molar-refractivity contribution in [3.05, 3.63) is 66.0 Å². The third-order valence-corrected chi connectivity index (χ3v) is 3.72. The monoisotopic (exact) mass is 323 g/mol. The number of nitrogens with one attached hydrogen (secondary N) is 1. The molecule has 0 radical (unpaired) electrons. The Morgan fingerprint density at radius 2 is 1.96 bits per heavy atom. The highest BCUT2D eigenvalue weighted by Crippen LogP contribution is 2.15. The number of aromatic nitrogens is 2. The van der Waals surface area contributed by atoms with Crippen LogP contribution in [-0.2, 0) is 16.1 Å². The minimum atomic E-state index is -0.457. The van der Waals surface area contributed by atoms with E-state index in [1.807, 2.05) is 30.3 Å². The molecule has 6 nitrogen and oxygen atoms in total. The number of benzene rings is 2. The number of H-pyrrole nitrogens is 1. The number of amides is 1. The highest BCUT2D eigenvalue weighted by atomic mass is 16.5. The first-order chi connectivity index (χ1) is 11.7. The van der Waals surface area contributed by atoms with E-state index in [-0.39, 0.29) is 12.5 Å². The lowest BCUT2D eigenvalue weighted by molar-refractivity contribution is -0.141. The third-order valence-electron chi connectivity index (χ3n) is 3.72. The van der Waals surface area contributed by atoms with Gasteiger partial charge in [0.05, 0.1) is 24.5 Å². The van der Waals surface area contributed by atoms with E-state index in [1.54, 1.807) is 24.5 Å². The number of methoxy groups -OCH3 is 1. The van der Waals surface area contributed by atoms with Crippen molar-refractivity contribution in [2.75, 3.05) is 13.7 Å². The maximum absolute atomic E-state index is 12.9. The van der Waals surface area contributed by atoms with Crippen LogP contribution in [-0.4, -0.2) is 40.4 Å². The molecular formula is C18H17N3O3. The van der Waals surface area contributed by atoms with Crippen molar-refractivity contribution in [1.82, 2.24) is 14.9 Å². The number of aromatic amines is 1. The fraction of sp³-hybridized carbons (Fsp3) is 0.167. The number of nitrogens with zero attached hydrogens (tertiary/aromatic N) is 2. The summed E-state index contributed by atoms with van der Waals surface area (Å²) in [5.74, 6) is -0.692. The van der Waals surface area contributed by atoms with Crippen LogP contribution in [0.1, 0.15) is 15.9 Å². The first kappa shape index (κ1) is 15.7. The zero-order chi connectivity index (χ0) is 16.9. The Kier molecular flexibility index (Phi) is 4.56. The number of hydrogen-bond acceptors (Lipinski definition) is 4. The summed E-state index contributed by atoms with van der Waals surface area (Å²) in [6.45, 7) is 0.223. The first-order valence-corrected chi connectivity index (χ1v) is 7.50. The molecule has 1 N–H and O–H groups in total. The highest BCUT2D eigenvalue weighted by Gasteiger charge is 2.20. The van der Waals surface area contributed by atoms with E-state index in [2.05, 4.69) is 9.97 Å². The third kappa shape index (κ3) is 3.43. The highest BCUT2D eigenvalue weighted by molar-refractivity contribution is 5.98. The standard InChI is InChI=1S/C18H17N3O3/c1-24-17(22)11-21(10-13-5-3-2-4-6-13)18(23)14-7-8-15-16(9-14)20-12-19-15/h2-9,12H,10-11H2,1H3,(H,19,20). The topological polar surface area (TPSA) is 75.3 Å². The average Bonchev–Trinajstić information content (AvgIpc) is 3.09. The molecule has 0 spiro atoms. The zero-order valence-corrected chi connectivity index (χ0v) is 13.2. The summed E-state index contributed by atoms with van der Waals surface area (Å²) in [7, 11) is 1.31. The lowest BCUT2D eigenvalue weighted by Gasteiger charge is -2.21. The van der Waals surface area contributed by atoms with E-state index in [1.165, 1.54) is 12.0 Å². The Bertz CT molecular complexity index is 858. The van der Waals surface area contributed by atoms with Crippen LogP contribution in [0.5, 0.6) is 0 Å². The molecule has 3 rings (SSSR count). The molecule has 1 aromatic heterocycles. The molecule has 0 aliphatic rings. The minimum absolute atomic E-state index is 0.106. The molecule has 2 aromatic carbocycles. The van der Waals surface area contributed by atoms with Gasteiger partial charge in [0.1, 0.15) is 6.54 Å². The van der Waals surface area contributed by atoms with Crippen LogP contribution < -0.4 is 0 Å². The maximum Gasteiger partial charge on any atom is 0.325 e. The van der Waals surface area contributed by atoms with Crippen molar-refractivity contribution in [2.24, 2.45) is 0 Å². The van der Waals surface area contributed by atoms with Crippen LogP contribution in [0, 0.1) is 0 Å². The molecule has 1 amide bonds. The van der Waals surface area contributed by atoms with Crippen LogP contribution in [0.15, 0.2) is 54.9 Å². The summed E-state index contributed by atoms with van der Waals surface area (Å²) in [5, 5.41) is 0. The summed E-state index contributed by atoms with van der Waals surface area (Å²) < 4.78 is 4.71. The maximum atomic E-state index is 12.9. The number of rotatable bonds is 5. The number of hydrogen-bond donors (Lipinski definition) is 1. The van der Waals surface area contributed by atoms with Crippen molar-refractivity contribution in [2.45, 2.75) is 6.54 Å². The Morgan fingerprint density at radius 3 is 2.71 bits per heavy atom. The fourth-order valence-corrected chi connectivity index (χ4v) is 2.47. The van der Waals surface area contributed by atoms with Crippen molar-refractivity contribution < 1.29 is 14.3 Å². The van der Waals surface area contributed by atoms with Gasteiger partial charge in [-0.3, -0.25) is 9.59 Å². The number of carbonyl (C=O) groups is 2. The number of carbonyl (C=O) groups excluding carboxylic acids is 2. The predicted molar refractivity (Wildman–Crippen MR) is 89.3 cm³/mol. The van der Waals surface area contributed by atoms with Gasteiger partial charge in [-0.1, -0.05) is 30.3 Å². The molecule has 0 saturated heterocycles. The van der Waals surface area contributed by atoms with Crippen LogP contribution in [0.4, 0.5) is 0 Å². The van der Waals surface area contributed by atoms with Gasteiger partial charge in [0.25, 0.3) is 5.91 Å². The molecule has 1 heterocycles. The average molecular weight is 323 g/mol. The summed E-state index contributed by atoms with van der Waals surface area (Å²) in [6, 6.07) is 14.7. The van der Waals surface area contributed by atoms with Crippen molar-refractivity contribution >= 4 is 22.9 Å². The van der Waals surface area contributed by atoms with E-state index in [4.69, 9.17) is 4.74 Å². The molecule has 0 fully saturated rings. The van der Waals surface area contributed by atoms with Gasteiger partial charge in [0.15, 0.2) is 0 Å². The zero-order valence-electron chi connectivity index (χ0n) is 13.2. The number of imidazole rings is 1. The van der Waals surface area contributed by atoms with E-state index in [0.717, 1.165) is 16.6 Å².